The fourth-order valence-corrected chi connectivity index (χ4v) is 3.07. The molecule has 26 heavy (non-hydrogen) atoms. The van der Waals surface area contributed by atoms with Crippen LogP contribution in [0.2, 0.25) is 0 Å². The molecule has 0 spiro atoms. The van der Waals surface area contributed by atoms with Crippen LogP contribution in [0.15, 0.2) is 36.4 Å². The molecule has 0 unspecified atom stereocenters. The predicted molar refractivity (Wildman–Crippen MR) is 87.2 cm³/mol. The van der Waals surface area contributed by atoms with Crippen molar-refractivity contribution in [1.82, 2.24) is 5.32 Å². The molecule has 0 aliphatic carbocycles. The molecule has 0 aliphatic rings. The van der Waals surface area contributed by atoms with Gasteiger partial charge in [-0.15, -0.1) is 0 Å². The highest BCUT2D eigenvalue weighted by Gasteiger charge is 2.24. The van der Waals surface area contributed by atoms with Crippen LogP contribution in [0, 0.1) is 23.3 Å². The minimum Gasteiger partial charge on any atom is -0.350 e. The van der Waals surface area contributed by atoms with Crippen LogP contribution in [-0.4, -0.2) is 33.7 Å². The molecule has 2 aromatic rings. The third kappa shape index (κ3) is 4.51. The number of hydrogen-bond donors (Lipinski definition) is 1. The molecule has 0 saturated heterocycles. The molecule has 10 heteroatoms. The van der Waals surface area contributed by atoms with E-state index in [0.717, 1.165) is 24.5 Å². The molecular formula is C16H14F4N2O3S. The maximum Gasteiger partial charge on any atom is 0.251 e. The van der Waals surface area contributed by atoms with Crippen LogP contribution in [0.1, 0.15) is 10.4 Å². The lowest BCUT2D eigenvalue weighted by Crippen LogP contribution is -2.38. The van der Waals surface area contributed by atoms with Crippen LogP contribution in [0.5, 0.6) is 0 Å². The number of anilines is 1. The molecule has 2 rings (SSSR count). The van der Waals surface area contributed by atoms with Gasteiger partial charge in [-0.2, -0.15) is 0 Å². The van der Waals surface area contributed by atoms with Gasteiger partial charge >= 0.3 is 0 Å². The first kappa shape index (κ1) is 19.7. The molecular weight excluding hydrogens is 376 g/mol. The minimum atomic E-state index is -4.03. The lowest BCUT2D eigenvalue weighted by Gasteiger charge is -2.23. The van der Waals surface area contributed by atoms with Gasteiger partial charge < -0.3 is 5.32 Å². The lowest BCUT2D eigenvalue weighted by atomic mass is 10.2. The van der Waals surface area contributed by atoms with E-state index in [1.54, 1.807) is 0 Å². The Morgan fingerprint density at radius 2 is 1.62 bits per heavy atom. The molecule has 0 aliphatic heterocycles. The van der Waals surface area contributed by atoms with Crippen LogP contribution in [0.4, 0.5) is 23.2 Å². The van der Waals surface area contributed by atoms with Gasteiger partial charge in [0.2, 0.25) is 10.0 Å². The number of halogens is 4. The molecule has 0 aromatic heterocycles. The Morgan fingerprint density at radius 1 is 1.00 bits per heavy atom. The standard InChI is InChI=1S/C16H14F4N2O3S/c1-26(24,25)22(13-7-6-12(18)14(19)15(13)20)9-8-21-16(23)10-2-4-11(17)5-3-10/h2-7H,8-9H2,1H3,(H,21,23). The van der Waals surface area contributed by atoms with Crippen molar-refractivity contribution in [2.24, 2.45) is 0 Å². The van der Waals surface area contributed by atoms with E-state index in [1.807, 2.05) is 0 Å². The minimum absolute atomic E-state index is 0.135. The largest absolute Gasteiger partial charge is 0.350 e. The Morgan fingerprint density at radius 3 is 2.19 bits per heavy atom. The van der Waals surface area contributed by atoms with Crippen molar-refractivity contribution in [1.29, 1.82) is 0 Å². The summed E-state index contributed by atoms with van der Waals surface area (Å²) in [5, 5.41) is 2.38. The highest BCUT2D eigenvalue weighted by Crippen LogP contribution is 2.25. The Bertz CT molecular complexity index is 918. The third-order valence-corrected chi connectivity index (χ3v) is 4.57. The first-order valence-electron chi connectivity index (χ1n) is 7.26. The number of nitrogens with one attached hydrogen (secondary N) is 1. The van der Waals surface area contributed by atoms with Crippen molar-refractivity contribution in [3.8, 4) is 0 Å². The van der Waals surface area contributed by atoms with Gasteiger partial charge in [0.05, 0.1) is 18.5 Å². The van der Waals surface area contributed by atoms with Crippen LogP contribution in [0.25, 0.3) is 0 Å². The summed E-state index contributed by atoms with van der Waals surface area (Å²) in [6.07, 6.45) is 0.759. The maximum atomic E-state index is 13.9. The van der Waals surface area contributed by atoms with Crippen molar-refractivity contribution in [2.45, 2.75) is 0 Å². The zero-order valence-corrected chi connectivity index (χ0v) is 14.3. The van der Waals surface area contributed by atoms with Gasteiger partial charge in [-0.05, 0) is 36.4 Å². The van der Waals surface area contributed by atoms with Gasteiger partial charge in [0, 0.05) is 12.1 Å². The van der Waals surface area contributed by atoms with Crippen molar-refractivity contribution in [3.05, 3.63) is 65.2 Å². The van der Waals surface area contributed by atoms with E-state index < -0.39 is 51.4 Å². The maximum absolute atomic E-state index is 13.9. The van der Waals surface area contributed by atoms with E-state index in [0.29, 0.717) is 10.4 Å². The third-order valence-electron chi connectivity index (χ3n) is 3.39. The second-order valence-electron chi connectivity index (χ2n) is 5.29. The van der Waals surface area contributed by atoms with Gasteiger partial charge in [-0.25, -0.2) is 26.0 Å². The molecule has 1 N–H and O–H groups in total. The zero-order valence-electron chi connectivity index (χ0n) is 13.5. The molecule has 1 amide bonds. The van der Waals surface area contributed by atoms with Crippen LogP contribution in [0.3, 0.4) is 0 Å². The predicted octanol–water partition coefficient (Wildman–Crippen LogP) is 2.44. The number of rotatable bonds is 6. The van der Waals surface area contributed by atoms with Crippen LogP contribution >= 0.6 is 0 Å². The first-order valence-corrected chi connectivity index (χ1v) is 9.11. The number of nitrogens with zero attached hydrogens (tertiary/aromatic N) is 1. The van der Waals surface area contributed by atoms with Crippen LogP contribution < -0.4 is 9.62 Å². The Hall–Kier alpha value is -2.62. The number of benzene rings is 2. The Balaban J connectivity index is 2.14. The molecule has 5 nitrogen and oxygen atoms in total. The molecule has 0 radical (unpaired) electrons. The monoisotopic (exact) mass is 390 g/mol. The number of carbonyl (C=O) groups is 1. The van der Waals surface area contributed by atoms with Gasteiger partial charge in [0.1, 0.15) is 5.82 Å². The van der Waals surface area contributed by atoms with Gasteiger partial charge in [0.25, 0.3) is 5.91 Å². The SMILES string of the molecule is CS(=O)(=O)N(CCNC(=O)c1ccc(F)cc1)c1ccc(F)c(F)c1F. The Labute approximate surface area is 147 Å². The molecule has 0 fully saturated rings. The normalized spacial score (nSPS) is 11.3. The van der Waals surface area contributed by atoms with E-state index in [-0.39, 0.29) is 12.1 Å². The summed E-state index contributed by atoms with van der Waals surface area (Å²) >= 11 is 0. The average Bonchev–Trinajstić information content (AvgIpc) is 2.57. The van der Waals surface area contributed by atoms with Crippen molar-refractivity contribution < 1.29 is 30.8 Å². The van der Waals surface area contributed by atoms with Crippen molar-refractivity contribution in [3.63, 3.8) is 0 Å². The first-order chi connectivity index (χ1) is 12.1. The summed E-state index contributed by atoms with van der Waals surface area (Å²) in [6.45, 7) is -0.671. The quantitative estimate of drug-likeness (QED) is 0.609. The van der Waals surface area contributed by atoms with E-state index in [4.69, 9.17) is 0 Å². The molecule has 140 valence electrons. The highest BCUT2D eigenvalue weighted by molar-refractivity contribution is 7.92. The zero-order chi connectivity index (χ0) is 19.5. The van der Waals surface area contributed by atoms with E-state index in [1.165, 1.54) is 12.1 Å². The fourth-order valence-electron chi connectivity index (χ4n) is 2.15. The second-order valence-corrected chi connectivity index (χ2v) is 7.20. The van der Waals surface area contributed by atoms with Crippen LogP contribution in [-0.2, 0) is 10.0 Å². The summed E-state index contributed by atoms with van der Waals surface area (Å²) in [7, 11) is -4.03. The van der Waals surface area contributed by atoms with E-state index in [2.05, 4.69) is 5.32 Å². The lowest BCUT2D eigenvalue weighted by molar-refractivity contribution is 0.0955. The summed E-state index contributed by atoms with van der Waals surface area (Å²) in [6, 6.07) is 6.00. The molecule has 0 saturated carbocycles. The van der Waals surface area contributed by atoms with Gasteiger partial charge in [0.15, 0.2) is 17.5 Å². The van der Waals surface area contributed by atoms with E-state index in [9.17, 15) is 30.8 Å². The number of amides is 1. The molecule has 0 atom stereocenters. The summed E-state index contributed by atoms with van der Waals surface area (Å²) in [5.41, 5.74) is -0.543. The Kier molecular flexibility index (Phi) is 5.86. The summed E-state index contributed by atoms with van der Waals surface area (Å²) in [4.78, 5) is 11.9. The van der Waals surface area contributed by atoms with Gasteiger partial charge in [-0.1, -0.05) is 0 Å². The van der Waals surface area contributed by atoms with E-state index >= 15 is 0 Å². The number of carbonyl (C=O) groups excluding carboxylic acids is 1. The molecule has 0 bridgehead atoms. The molecule has 0 heterocycles. The summed E-state index contributed by atoms with van der Waals surface area (Å²) in [5.74, 6) is -6.04. The number of hydrogen-bond acceptors (Lipinski definition) is 3. The average molecular weight is 390 g/mol. The second kappa shape index (κ2) is 7.73. The highest BCUT2D eigenvalue weighted by atomic mass is 32.2. The van der Waals surface area contributed by atoms with Crippen molar-refractivity contribution >= 4 is 21.6 Å². The number of sulfonamides is 1. The molecule has 2 aromatic carbocycles. The summed E-state index contributed by atoms with van der Waals surface area (Å²) < 4.78 is 77.3. The topological polar surface area (TPSA) is 66.5 Å². The van der Waals surface area contributed by atoms with Crippen molar-refractivity contribution in [2.75, 3.05) is 23.7 Å². The fraction of sp³-hybridized carbons (Fsp3) is 0.188. The van der Waals surface area contributed by atoms with Gasteiger partial charge in [-0.3, -0.25) is 9.10 Å². The smallest absolute Gasteiger partial charge is 0.251 e.